The first-order chi connectivity index (χ1) is 7.01. The van der Waals surface area contributed by atoms with Gasteiger partial charge in [-0.2, -0.15) is 5.26 Å². The van der Waals surface area contributed by atoms with Crippen molar-refractivity contribution in [2.75, 3.05) is 19.7 Å². The fourth-order valence-electron chi connectivity index (χ4n) is 1.22. The number of carbonyl (C=O) groups is 1. The van der Waals surface area contributed by atoms with E-state index < -0.39 is 0 Å². The molecule has 4 nitrogen and oxygen atoms in total. The van der Waals surface area contributed by atoms with E-state index in [0.717, 1.165) is 0 Å². The monoisotopic (exact) mass is 212 g/mol. The van der Waals surface area contributed by atoms with E-state index in [9.17, 15) is 4.79 Å². The predicted molar refractivity (Wildman–Crippen MR) is 58.1 cm³/mol. The second kappa shape index (κ2) is 7.24. The van der Waals surface area contributed by atoms with Gasteiger partial charge in [0.1, 0.15) is 0 Å². The lowest BCUT2D eigenvalue weighted by molar-refractivity contribution is -0.145. The number of ether oxygens (including phenoxy) is 1. The van der Waals surface area contributed by atoms with E-state index in [1.54, 1.807) is 6.92 Å². The molecule has 0 aromatic rings. The number of hydrogen-bond donors (Lipinski definition) is 0. The number of nitriles is 1. The van der Waals surface area contributed by atoms with E-state index in [-0.39, 0.29) is 24.5 Å². The van der Waals surface area contributed by atoms with Crippen LogP contribution in [-0.4, -0.2) is 36.6 Å². The third-order valence-corrected chi connectivity index (χ3v) is 2.10. The second-order valence-electron chi connectivity index (χ2n) is 3.86. The molecule has 0 saturated heterocycles. The van der Waals surface area contributed by atoms with Gasteiger partial charge in [-0.1, -0.05) is 0 Å². The molecule has 0 amide bonds. The first-order valence-electron chi connectivity index (χ1n) is 5.30. The van der Waals surface area contributed by atoms with Gasteiger partial charge < -0.3 is 4.74 Å². The summed E-state index contributed by atoms with van der Waals surface area (Å²) in [4.78, 5) is 13.2. The van der Waals surface area contributed by atoms with Gasteiger partial charge in [0.15, 0.2) is 0 Å². The minimum absolute atomic E-state index is 0.0678. The first-order valence-corrected chi connectivity index (χ1v) is 5.30. The quantitative estimate of drug-likeness (QED) is 0.625. The van der Waals surface area contributed by atoms with Crippen LogP contribution in [0.25, 0.3) is 0 Å². The summed E-state index contributed by atoms with van der Waals surface area (Å²) < 4.78 is 4.87. The molecule has 0 N–H and O–H groups in total. The number of nitrogens with zero attached hydrogens (tertiary/aromatic N) is 2. The molecule has 0 rings (SSSR count). The summed E-state index contributed by atoms with van der Waals surface area (Å²) in [6.45, 7) is 8.91. The predicted octanol–water partition coefficient (Wildman–Crippen LogP) is 1.42. The molecule has 0 heterocycles. The number of hydrogen-bond acceptors (Lipinski definition) is 4. The van der Waals surface area contributed by atoms with Crippen molar-refractivity contribution in [2.24, 2.45) is 5.92 Å². The molecule has 0 aliphatic rings. The number of esters is 1. The summed E-state index contributed by atoms with van der Waals surface area (Å²) in [5.74, 6) is -0.293. The van der Waals surface area contributed by atoms with Gasteiger partial charge in [-0.3, -0.25) is 9.69 Å². The van der Waals surface area contributed by atoms with E-state index in [1.165, 1.54) is 0 Å². The number of rotatable bonds is 6. The molecule has 0 spiro atoms. The fraction of sp³-hybridized carbons (Fsp3) is 0.818. The highest BCUT2D eigenvalue weighted by molar-refractivity contribution is 5.71. The summed E-state index contributed by atoms with van der Waals surface area (Å²) in [5.41, 5.74) is 0. The second-order valence-corrected chi connectivity index (χ2v) is 3.86. The largest absolute Gasteiger partial charge is 0.465 e. The lowest BCUT2D eigenvalue weighted by atomic mass is 10.1. The third-order valence-electron chi connectivity index (χ3n) is 2.10. The zero-order valence-corrected chi connectivity index (χ0v) is 9.99. The summed E-state index contributed by atoms with van der Waals surface area (Å²) in [6.07, 6.45) is 0. The van der Waals surface area contributed by atoms with Gasteiger partial charge in [0, 0.05) is 12.6 Å². The Labute approximate surface area is 91.8 Å². The molecule has 0 aromatic carbocycles. The van der Waals surface area contributed by atoms with Gasteiger partial charge in [-0.15, -0.1) is 0 Å². The zero-order valence-electron chi connectivity index (χ0n) is 9.99. The van der Waals surface area contributed by atoms with Gasteiger partial charge in [0.05, 0.1) is 25.1 Å². The molecule has 86 valence electrons. The van der Waals surface area contributed by atoms with Crippen LogP contribution < -0.4 is 0 Å². The maximum atomic E-state index is 11.3. The van der Waals surface area contributed by atoms with Crippen molar-refractivity contribution in [3.63, 3.8) is 0 Å². The van der Waals surface area contributed by atoms with E-state index in [4.69, 9.17) is 10.00 Å². The minimum Gasteiger partial charge on any atom is -0.465 e. The Morgan fingerprint density at radius 1 is 1.47 bits per heavy atom. The smallest absolute Gasteiger partial charge is 0.320 e. The average Bonchev–Trinajstić information content (AvgIpc) is 2.16. The van der Waals surface area contributed by atoms with E-state index in [2.05, 4.69) is 6.07 Å². The molecule has 1 atom stereocenters. The summed E-state index contributed by atoms with van der Waals surface area (Å²) >= 11 is 0. The van der Waals surface area contributed by atoms with Gasteiger partial charge in [-0.05, 0) is 27.7 Å². The Morgan fingerprint density at radius 3 is 2.47 bits per heavy atom. The molecule has 0 aliphatic carbocycles. The molecule has 1 unspecified atom stereocenters. The molecule has 4 heteroatoms. The van der Waals surface area contributed by atoms with Crippen LogP contribution >= 0.6 is 0 Å². The Kier molecular flexibility index (Phi) is 6.72. The van der Waals surface area contributed by atoms with Crippen molar-refractivity contribution in [1.82, 2.24) is 4.90 Å². The lowest BCUT2D eigenvalue weighted by Crippen LogP contribution is -2.39. The van der Waals surface area contributed by atoms with Crippen LogP contribution in [0.1, 0.15) is 27.7 Å². The molecule has 0 bridgehead atoms. The van der Waals surface area contributed by atoms with Gasteiger partial charge in [-0.25, -0.2) is 0 Å². The maximum absolute atomic E-state index is 11.3. The van der Waals surface area contributed by atoms with Crippen LogP contribution in [0.5, 0.6) is 0 Å². The fourth-order valence-corrected chi connectivity index (χ4v) is 1.22. The lowest BCUT2D eigenvalue weighted by Gasteiger charge is -2.26. The van der Waals surface area contributed by atoms with E-state index in [0.29, 0.717) is 13.2 Å². The van der Waals surface area contributed by atoms with Crippen molar-refractivity contribution in [1.29, 1.82) is 5.26 Å². The van der Waals surface area contributed by atoms with Gasteiger partial charge >= 0.3 is 5.97 Å². The highest BCUT2D eigenvalue weighted by Crippen LogP contribution is 2.04. The molecule has 0 aliphatic heterocycles. The Hall–Kier alpha value is -1.08. The highest BCUT2D eigenvalue weighted by Gasteiger charge is 2.17. The molecule has 0 saturated carbocycles. The van der Waals surface area contributed by atoms with Crippen LogP contribution in [0.4, 0.5) is 0 Å². The van der Waals surface area contributed by atoms with Crippen molar-refractivity contribution in [2.45, 2.75) is 33.7 Å². The summed E-state index contributed by atoms with van der Waals surface area (Å²) in [7, 11) is 0. The molecule has 0 aromatic heterocycles. The van der Waals surface area contributed by atoms with Crippen molar-refractivity contribution >= 4 is 5.97 Å². The highest BCUT2D eigenvalue weighted by atomic mass is 16.5. The van der Waals surface area contributed by atoms with Crippen LogP contribution in [-0.2, 0) is 9.53 Å². The van der Waals surface area contributed by atoms with Crippen LogP contribution in [0.15, 0.2) is 0 Å². The Balaban J connectivity index is 4.17. The normalized spacial score (nSPS) is 12.6. The van der Waals surface area contributed by atoms with Gasteiger partial charge in [0.25, 0.3) is 0 Å². The number of carbonyl (C=O) groups excluding carboxylic acids is 1. The van der Waals surface area contributed by atoms with Crippen molar-refractivity contribution < 1.29 is 9.53 Å². The molecule has 15 heavy (non-hydrogen) atoms. The van der Waals surface area contributed by atoms with Crippen LogP contribution in [0, 0.1) is 17.2 Å². The summed E-state index contributed by atoms with van der Waals surface area (Å²) in [6, 6.07) is 2.40. The minimum atomic E-state index is -0.226. The molecular formula is C11H20N2O2. The molecule has 0 fully saturated rings. The molecule has 0 radical (unpaired) electrons. The Bertz CT molecular complexity index is 233. The van der Waals surface area contributed by atoms with Crippen LogP contribution in [0.3, 0.4) is 0 Å². The Morgan fingerprint density at radius 2 is 2.07 bits per heavy atom. The molecular weight excluding hydrogens is 192 g/mol. The maximum Gasteiger partial charge on any atom is 0.320 e. The van der Waals surface area contributed by atoms with Gasteiger partial charge in [0.2, 0.25) is 0 Å². The van der Waals surface area contributed by atoms with Crippen LogP contribution in [0.2, 0.25) is 0 Å². The van der Waals surface area contributed by atoms with Crippen molar-refractivity contribution in [3.05, 3.63) is 0 Å². The van der Waals surface area contributed by atoms with E-state index in [1.807, 2.05) is 25.7 Å². The third kappa shape index (κ3) is 6.08. The van der Waals surface area contributed by atoms with Crippen molar-refractivity contribution in [3.8, 4) is 6.07 Å². The topological polar surface area (TPSA) is 53.3 Å². The SMILES string of the molecule is CCOC(=O)CN(CC(C)C#N)C(C)C. The average molecular weight is 212 g/mol. The zero-order chi connectivity index (χ0) is 11.8. The first kappa shape index (κ1) is 13.9. The van der Waals surface area contributed by atoms with E-state index >= 15 is 0 Å². The standard InChI is InChI=1S/C11H20N2O2/c1-5-15-11(14)8-13(9(2)3)7-10(4)6-12/h9-10H,5,7-8H2,1-4H3. The summed E-state index contributed by atoms with van der Waals surface area (Å²) in [5, 5.41) is 8.71.